The van der Waals surface area contributed by atoms with Crippen LogP contribution in [0.2, 0.25) is 0 Å². The molecule has 0 amide bonds. The molecule has 1 atom stereocenters. The lowest BCUT2D eigenvalue weighted by atomic mass is 10.1. The van der Waals surface area contributed by atoms with Crippen molar-refractivity contribution in [3.63, 3.8) is 0 Å². The molecule has 1 fully saturated rings. The third-order valence-corrected chi connectivity index (χ3v) is 4.25. The average molecular weight is 260 g/mol. The van der Waals surface area contributed by atoms with Gasteiger partial charge >= 0.3 is 0 Å². The Bertz CT molecular complexity index is 400. The number of aryl methyl sites for hydroxylation is 1. The lowest BCUT2D eigenvalue weighted by molar-refractivity contribution is 0.644. The van der Waals surface area contributed by atoms with Crippen molar-refractivity contribution in [2.45, 2.75) is 59.0 Å². The summed E-state index contributed by atoms with van der Waals surface area (Å²) in [4.78, 5) is 2.59. The number of nitrogens with zero attached hydrogens (tertiary/aromatic N) is 1. The fourth-order valence-electron chi connectivity index (χ4n) is 3.06. The van der Waals surface area contributed by atoms with Gasteiger partial charge in [-0.1, -0.05) is 19.9 Å². The lowest BCUT2D eigenvalue weighted by Crippen LogP contribution is -2.28. The summed E-state index contributed by atoms with van der Waals surface area (Å²) in [5.74, 6) is 0. The average Bonchev–Trinajstić information content (AvgIpc) is 2.89. The predicted octanol–water partition coefficient (Wildman–Crippen LogP) is 3.87. The molecule has 1 aliphatic rings. The Kier molecular flexibility index (Phi) is 5.26. The molecule has 2 rings (SSSR count). The molecule has 1 aromatic rings. The van der Waals surface area contributed by atoms with Crippen molar-refractivity contribution in [2.24, 2.45) is 0 Å². The van der Waals surface area contributed by atoms with Crippen molar-refractivity contribution in [2.75, 3.05) is 18.0 Å². The smallest absolute Gasteiger partial charge is 0.0371 e. The summed E-state index contributed by atoms with van der Waals surface area (Å²) in [6, 6.07) is 7.74. The van der Waals surface area contributed by atoms with Crippen LogP contribution < -0.4 is 10.2 Å². The summed E-state index contributed by atoms with van der Waals surface area (Å²) in [7, 11) is 0. The Morgan fingerprint density at radius 2 is 2.16 bits per heavy atom. The molecule has 0 aliphatic carbocycles. The van der Waals surface area contributed by atoms with Gasteiger partial charge in [-0.2, -0.15) is 0 Å². The first kappa shape index (κ1) is 14.4. The normalized spacial score (nSPS) is 19.1. The summed E-state index contributed by atoms with van der Waals surface area (Å²) in [6.45, 7) is 10.1. The molecule has 1 aromatic carbocycles. The van der Waals surface area contributed by atoms with Crippen LogP contribution >= 0.6 is 0 Å². The van der Waals surface area contributed by atoms with E-state index in [0.29, 0.717) is 0 Å². The molecule has 1 heterocycles. The van der Waals surface area contributed by atoms with Gasteiger partial charge in [0.15, 0.2) is 0 Å². The first-order valence-electron chi connectivity index (χ1n) is 7.83. The summed E-state index contributed by atoms with van der Waals surface area (Å²) in [6.07, 6.45) is 5.16. The minimum absolute atomic E-state index is 0.753. The fraction of sp³-hybridized carbons (Fsp3) is 0.647. The summed E-state index contributed by atoms with van der Waals surface area (Å²) < 4.78 is 0. The highest BCUT2D eigenvalue weighted by Gasteiger charge is 2.23. The van der Waals surface area contributed by atoms with Crippen molar-refractivity contribution >= 4 is 5.69 Å². The Balaban J connectivity index is 2.05. The van der Waals surface area contributed by atoms with Gasteiger partial charge in [0, 0.05) is 24.8 Å². The van der Waals surface area contributed by atoms with Crippen LogP contribution in [0.4, 0.5) is 5.69 Å². The van der Waals surface area contributed by atoms with Crippen LogP contribution in [0.1, 0.15) is 50.7 Å². The van der Waals surface area contributed by atoms with Gasteiger partial charge in [0.1, 0.15) is 0 Å². The molecular weight excluding hydrogens is 232 g/mol. The lowest BCUT2D eigenvalue weighted by Gasteiger charge is -2.26. The number of nitrogens with one attached hydrogen (secondary N) is 1. The quantitative estimate of drug-likeness (QED) is 0.781. The van der Waals surface area contributed by atoms with Crippen molar-refractivity contribution in [3.8, 4) is 0 Å². The fourth-order valence-corrected chi connectivity index (χ4v) is 3.06. The van der Waals surface area contributed by atoms with Crippen LogP contribution in [0.5, 0.6) is 0 Å². The highest BCUT2D eigenvalue weighted by molar-refractivity contribution is 5.52. The van der Waals surface area contributed by atoms with Crippen LogP contribution in [0.15, 0.2) is 18.2 Å². The van der Waals surface area contributed by atoms with Crippen molar-refractivity contribution in [1.82, 2.24) is 5.32 Å². The largest absolute Gasteiger partial charge is 0.369 e. The molecule has 2 heteroatoms. The van der Waals surface area contributed by atoms with E-state index in [4.69, 9.17) is 0 Å². The molecule has 19 heavy (non-hydrogen) atoms. The molecule has 0 radical (unpaired) electrons. The van der Waals surface area contributed by atoms with Crippen LogP contribution in [0, 0.1) is 6.92 Å². The predicted molar refractivity (Wildman–Crippen MR) is 83.8 cm³/mol. The van der Waals surface area contributed by atoms with E-state index in [9.17, 15) is 0 Å². The number of anilines is 1. The van der Waals surface area contributed by atoms with E-state index < -0.39 is 0 Å². The maximum atomic E-state index is 3.49. The van der Waals surface area contributed by atoms with Gasteiger partial charge in [-0.25, -0.2) is 0 Å². The zero-order valence-electron chi connectivity index (χ0n) is 12.7. The maximum absolute atomic E-state index is 3.49. The van der Waals surface area contributed by atoms with Crippen molar-refractivity contribution in [3.05, 3.63) is 29.3 Å². The van der Waals surface area contributed by atoms with Crippen LogP contribution in [-0.2, 0) is 6.54 Å². The molecular formula is C17H28N2. The molecule has 0 bridgehead atoms. The van der Waals surface area contributed by atoms with E-state index in [1.165, 1.54) is 49.0 Å². The van der Waals surface area contributed by atoms with Crippen LogP contribution in [0.3, 0.4) is 0 Å². The van der Waals surface area contributed by atoms with Gasteiger partial charge < -0.3 is 10.2 Å². The Hall–Kier alpha value is -1.02. The SMILES string of the molecule is CCCNCc1ccc(N2CCCC2CC)cc1C. The third-order valence-electron chi connectivity index (χ3n) is 4.25. The Morgan fingerprint density at radius 3 is 2.84 bits per heavy atom. The topological polar surface area (TPSA) is 15.3 Å². The molecule has 0 saturated carbocycles. The second kappa shape index (κ2) is 6.95. The summed E-state index contributed by atoms with van der Waals surface area (Å²) >= 11 is 0. The second-order valence-corrected chi connectivity index (χ2v) is 5.69. The number of hydrogen-bond acceptors (Lipinski definition) is 2. The molecule has 0 spiro atoms. The highest BCUT2D eigenvalue weighted by Crippen LogP contribution is 2.28. The Labute approximate surface area is 118 Å². The van der Waals surface area contributed by atoms with E-state index in [-0.39, 0.29) is 0 Å². The minimum Gasteiger partial charge on any atom is -0.369 e. The van der Waals surface area contributed by atoms with Gasteiger partial charge in [-0.3, -0.25) is 0 Å². The van der Waals surface area contributed by atoms with Gasteiger partial charge in [0.05, 0.1) is 0 Å². The van der Waals surface area contributed by atoms with Crippen LogP contribution in [0.25, 0.3) is 0 Å². The molecule has 1 aliphatic heterocycles. The maximum Gasteiger partial charge on any atom is 0.0371 e. The third kappa shape index (κ3) is 3.50. The van der Waals surface area contributed by atoms with Crippen molar-refractivity contribution in [1.29, 1.82) is 0 Å². The summed E-state index contributed by atoms with van der Waals surface area (Å²) in [5, 5.41) is 3.49. The van der Waals surface area contributed by atoms with Crippen molar-refractivity contribution < 1.29 is 0 Å². The van der Waals surface area contributed by atoms with Crippen LogP contribution in [-0.4, -0.2) is 19.1 Å². The van der Waals surface area contributed by atoms with Gasteiger partial charge in [0.2, 0.25) is 0 Å². The second-order valence-electron chi connectivity index (χ2n) is 5.69. The molecule has 1 saturated heterocycles. The monoisotopic (exact) mass is 260 g/mol. The van der Waals surface area contributed by atoms with E-state index in [2.05, 4.69) is 49.2 Å². The first-order chi connectivity index (χ1) is 9.26. The van der Waals surface area contributed by atoms with Gasteiger partial charge in [0.25, 0.3) is 0 Å². The number of hydrogen-bond donors (Lipinski definition) is 1. The molecule has 1 unspecified atom stereocenters. The number of rotatable bonds is 6. The Morgan fingerprint density at radius 1 is 1.32 bits per heavy atom. The zero-order chi connectivity index (χ0) is 13.7. The van der Waals surface area contributed by atoms with Gasteiger partial charge in [-0.15, -0.1) is 0 Å². The standard InChI is InChI=1S/C17H28N2/c1-4-10-18-13-15-8-9-17(12-14(15)3)19-11-6-7-16(19)5-2/h8-9,12,16,18H,4-7,10-11,13H2,1-3H3. The minimum atomic E-state index is 0.753. The highest BCUT2D eigenvalue weighted by atomic mass is 15.2. The summed E-state index contributed by atoms with van der Waals surface area (Å²) in [5.41, 5.74) is 4.27. The van der Waals surface area contributed by atoms with E-state index >= 15 is 0 Å². The molecule has 106 valence electrons. The van der Waals surface area contributed by atoms with E-state index in [0.717, 1.165) is 19.1 Å². The molecule has 2 nitrogen and oxygen atoms in total. The molecule has 0 aromatic heterocycles. The van der Waals surface area contributed by atoms with E-state index in [1.807, 2.05) is 0 Å². The zero-order valence-corrected chi connectivity index (χ0v) is 12.7. The molecule has 1 N–H and O–H groups in total. The number of benzene rings is 1. The first-order valence-corrected chi connectivity index (χ1v) is 7.83. The van der Waals surface area contributed by atoms with Gasteiger partial charge in [-0.05, 0) is 62.4 Å². The van der Waals surface area contributed by atoms with E-state index in [1.54, 1.807) is 0 Å².